The third-order valence-corrected chi connectivity index (χ3v) is 7.01. The Hall–Kier alpha value is -1.07. The van der Waals surface area contributed by atoms with Gasteiger partial charge in [0.1, 0.15) is 5.50 Å². The van der Waals surface area contributed by atoms with Crippen molar-refractivity contribution in [2.45, 2.75) is 43.8 Å². The zero-order valence-electron chi connectivity index (χ0n) is 16.6. The van der Waals surface area contributed by atoms with E-state index in [2.05, 4.69) is 71.7 Å². The summed E-state index contributed by atoms with van der Waals surface area (Å²) in [5.74, 6) is 1.83. The molecule has 2 saturated carbocycles. The molecule has 0 saturated heterocycles. The molecule has 0 spiro atoms. The Morgan fingerprint density at radius 3 is 2.59 bits per heavy atom. The summed E-state index contributed by atoms with van der Waals surface area (Å²) in [5.41, 5.74) is 1.49. The third kappa shape index (κ3) is 4.51. The number of hydrogen-bond acceptors (Lipinski definition) is 4. The maximum absolute atomic E-state index is 5.02. The van der Waals surface area contributed by atoms with Crippen LogP contribution in [0.15, 0.2) is 42.5 Å². The summed E-state index contributed by atoms with van der Waals surface area (Å²) < 4.78 is 0. The zero-order valence-corrected chi connectivity index (χ0v) is 17.5. The Bertz CT molecular complexity index is 757. The first-order chi connectivity index (χ1) is 13.1. The van der Waals surface area contributed by atoms with Crippen molar-refractivity contribution in [3.05, 3.63) is 48.0 Å². The number of nitrogens with one attached hydrogen (secondary N) is 1. The van der Waals surface area contributed by atoms with Crippen LogP contribution in [0.4, 0.5) is 0 Å². The van der Waals surface area contributed by atoms with Crippen LogP contribution in [-0.4, -0.2) is 48.5 Å². The van der Waals surface area contributed by atoms with Crippen LogP contribution in [0.1, 0.15) is 31.2 Å². The van der Waals surface area contributed by atoms with Gasteiger partial charge in [-0.1, -0.05) is 48.9 Å². The van der Waals surface area contributed by atoms with E-state index in [1.165, 1.54) is 42.0 Å². The van der Waals surface area contributed by atoms with Gasteiger partial charge in [-0.3, -0.25) is 10.2 Å². The lowest BCUT2D eigenvalue weighted by molar-refractivity contribution is 0.176. The first-order valence-corrected chi connectivity index (χ1v) is 10.9. The van der Waals surface area contributed by atoms with Gasteiger partial charge in [0.2, 0.25) is 0 Å². The van der Waals surface area contributed by atoms with E-state index in [0.29, 0.717) is 6.04 Å². The normalized spacial score (nSPS) is 25.7. The minimum Gasteiger partial charge on any atom is -0.308 e. The van der Waals surface area contributed by atoms with Gasteiger partial charge in [-0.25, -0.2) is 0 Å². The lowest BCUT2D eigenvalue weighted by Gasteiger charge is -2.34. The van der Waals surface area contributed by atoms with Crippen LogP contribution in [0.5, 0.6) is 0 Å². The van der Waals surface area contributed by atoms with Gasteiger partial charge in [-0.2, -0.15) is 0 Å². The number of likely N-dealkylation sites (N-methyl/N-ethyl adjacent to an activating group) is 1. The van der Waals surface area contributed by atoms with Crippen molar-refractivity contribution in [2.75, 3.05) is 27.2 Å². The number of hydrogen-bond donors (Lipinski definition) is 2. The fraction of sp³-hybridized carbons (Fsp3) is 0.565. The third-order valence-electron chi connectivity index (χ3n) is 6.53. The quantitative estimate of drug-likeness (QED) is 0.526. The van der Waals surface area contributed by atoms with Crippen LogP contribution in [0.2, 0.25) is 0 Å². The molecule has 2 aromatic carbocycles. The summed E-state index contributed by atoms with van der Waals surface area (Å²) in [6, 6.07) is 16.0. The number of fused-ring (bicyclic) bond motifs is 3. The maximum atomic E-state index is 5.02. The largest absolute Gasteiger partial charge is 0.308 e. The predicted octanol–water partition coefficient (Wildman–Crippen LogP) is 4.20. The lowest BCUT2D eigenvalue weighted by atomic mass is 9.95. The first kappa shape index (κ1) is 19.3. The Labute approximate surface area is 169 Å². The minimum atomic E-state index is 0.105. The van der Waals surface area contributed by atoms with E-state index in [4.69, 9.17) is 12.6 Å². The van der Waals surface area contributed by atoms with Gasteiger partial charge in [0.05, 0.1) is 0 Å². The standard InChI is InChI=1S/C23H33N3S/c1-25(2)12-13-26(23(27)24-22-15-17-10-11-19(22)14-17)16-20-8-5-7-18-6-3-4-9-21(18)20/h3-9,17,19,22-24,27H,10-16H2,1-2H3/t17?,19?,22?,23-/m1/s1. The molecule has 0 heterocycles. The van der Waals surface area contributed by atoms with Gasteiger partial charge >= 0.3 is 0 Å². The van der Waals surface area contributed by atoms with Crippen molar-refractivity contribution in [1.82, 2.24) is 15.1 Å². The molecule has 3 unspecified atom stereocenters. The van der Waals surface area contributed by atoms with E-state index < -0.39 is 0 Å². The van der Waals surface area contributed by atoms with E-state index in [0.717, 1.165) is 31.5 Å². The highest BCUT2D eigenvalue weighted by atomic mass is 32.1. The Morgan fingerprint density at radius 2 is 1.85 bits per heavy atom. The number of rotatable bonds is 8. The molecule has 0 amide bonds. The molecular weight excluding hydrogens is 350 g/mol. The molecule has 1 N–H and O–H groups in total. The summed E-state index contributed by atoms with van der Waals surface area (Å²) in [6.07, 6.45) is 5.63. The van der Waals surface area contributed by atoms with Gasteiger partial charge in [0.15, 0.2) is 0 Å². The second-order valence-electron chi connectivity index (χ2n) is 8.73. The van der Waals surface area contributed by atoms with Gasteiger partial charge in [0, 0.05) is 25.7 Å². The van der Waals surface area contributed by atoms with Gasteiger partial charge < -0.3 is 4.90 Å². The van der Waals surface area contributed by atoms with Crippen LogP contribution >= 0.6 is 12.6 Å². The monoisotopic (exact) mass is 383 g/mol. The highest BCUT2D eigenvalue weighted by Crippen LogP contribution is 2.44. The second-order valence-corrected chi connectivity index (χ2v) is 9.22. The fourth-order valence-electron chi connectivity index (χ4n) is 5.01. The molecule has 2 fully saturated rings. The first-order valence-electron chi connectivity index (χ1n) is 10.4. The topological polar surface area (TPSA) is 18.5 Å². The molecule has 2 aliphatic rings. The summed E-state index contributed by atoms with van der Waals surface area (Å²) in [4.78, 5) is 4.75. The molecule has 27 heavy (non-hydrogen) atoms. The summed E-state index contributed by atoms with van der Waals surface area (Å²) >= 11 is 5.02. The summed E-state index contributed by atoms with van der Waals surface area (Å²) in [7, 11) is 4.29. The van der Waals surface area contributed by atoms with Crippen molar-refractivity contribution in [2.24, 2.45) is 11.8 Å². The van der Waals surface area contributed by atoms with Crippen LogP contribution in [0.25, 0.3) is 10.8 Å². The van der Waals surface area contributed by atoms with Crippen molar-refractivity contribution in [3.63, 3.8) is 0 Å². The number of nitrogens with zero attached hydrogens (tertiary/aromatic N) is 2. The minimum absolute atomic E-state index is 0.105. The maximum Gasteiger partial charge on any atom is 0.106 e. The molecule has 2 bridgehead atoms. The van der Waals surface area contributed by atoms with Crippen LogP contribution < -0.4 is 5.32 Å². The average Bonchev–Trinajstić information content (AvgIpc) is 3.28. The molecule has 3 nitrogen and oxygen atoms in total. The van der Waals surface area contributed by atoms with E-state index in [-0.39, 0.29) is 5.50 Å². The Balaban J connectivity index is 1.49. The Morgan fingerprint density at radius 1 is 1.04 bits per heavy atom. The predicted molar refractivity (Wildman–Crippen MR) is 118 cm³/mol. The van der Waals surface area contributed by atoms with E-state index in [1.807, 2.05) is 0 Å². The Kier molecular flexibility index (Phi) is 6.08. The molecule has 4 rings (SSSR count). The highest BCUT2D eigenvalue weighted by Gasteiger charge is 2.40. The smallest absolute Gasteiger partial charge is 0.106 e. The lowest BCUT2D eigenvalue weighted by Crippen LogP contribution is -2.49. The van der Waals surface area contributed by atoms with E-state index in [1.54, 1.807) is 0 Å². The molecule has 0 aromatic heterocycles. The van der Waals surface area contributed by atoms with Crippen LogP contribution in [0, 0.1) is 11.8 Å². The summed E-state index contributed by atoms with van der Waals surface area (Å²) in [6.45, 7) is 2.98. The molecule has 0 radical (unpaired) electrons. The van der Waals surface area contributed by atoms with Crippen molar-refractivity contribution < 1.29 is 0 Å². The molecule has 2 aromatic rings. The van der Waals surface area contributed by atoms with Gasteiger partial charge in [-0.05, 0) is 61.5 Å². The van der Waals surface area contributed by atoms with E-state index in [9.17, 15) is 0 Å². The molecule has 4 atom stereocenters. The van der Waals surface area contributed by atoms with Gasteiger partial charge in [-0.15, -0.1) is 12.6 Å². The molecular formula is C23H33N3S. The summed E-state index contributed by atoms with van der Waals surface area (Å²) in [5, 5.41) is 6.55. The molecule has 2 aliphatic carbocycles. The zero-order chi connectivity index (χ0) is 18.8. The molecule has 0 aliphatic heterocycles. The van der Waals surface area contributed by atoms with Crippen molar-refractivity contribution in [1.29, 1.82) is 0 Å². The highest BCUT2D eigenvalue weighted by molar-refractivity contribution is 7.80. The van der Waals surface area contributed by atoms with Crippen LogP contribution in [0.3, 0.4) is 0 Å². The number of benzene rings is 2. The van der Waals surface area contributed by atoms with Gasteiger partial charge in [0.25, 0.3) is 0 Å². The molecule has 4 heteroatoms. The molecule has 146 valence electrons. The van der Waals surface area contributed by atoms with Crippen molar-refractivity contribution >= 4 is 23.4 Å². The SMILES string of the molecule is CN(C)CCN(Cc1cccc2ccccc12)[C@H](S)NC1CC2CCC1C2. The average molecular weight is 384 g/mol. The van der Waals surface area contributed by atoms with E-state index >= 15 is 0 Å². The number of thiol groups is 1. The van der Waals surface area contributed by atoms with Crippen LogP contribution in [-0.2, 0) is 6.54 Å². The van der Waals surface area contributed by atoms with Crippen molar-refractivity contribution in [3.8, 4) is 0 Å². The second kappa shape index (κ2) is 8.52. The fourth-order valence-corrected chi connectivity index (χ4v) is 5.40.